The molecule has 2 rings (SSSR count). The normalized spacial score (nSPS) is 11.3. The van der Waals surface area contributed by atoms with Gasteiger partial charge in [-0.05, 0) is 24.6 Å². The van der Waals surface area contributed by atoms with Crippen LogP contribution in [0.1, 0.15) is 5.56 Å². The van der Waals surface area contributed by atoms with E-state index in [4.69, 9.17) is 11.6 Å². The fourth-order valence-corrected chi connectivity index (χ4v) is 2.86. The Balaban J connectivity index is 2.45. The highest BCUT2D eigenvalue weighted by Gasteiger charge is 2.18. The van der Waals surface area contributed by atoms with Crippen molar-refractivity contribution in [2.75, 3.05) is 4.72 Å². The average molecular weight is 299 g/mol. The van der Waals surface area contributed by atoms with Crippen LogP contribution in [0.4, 0.5) is 5.69 Å². The summed E-state index contributed by atoms with van der Waals surface area (Å²) in [5.41, 5.74) is 0.474. The number of aromatic nitrogens is 1. The first-order valence-electron chi connectivity index (χ1n) is 5.36. The molecule has 0 atom stereocenters. The smallest absolute Gasteiger partial charge is 0.267 e. The van der Waals surface area contributed by atoms with Crippen molar-refractivity contribution in [3.63, 3.8) is 0 Å². The van der Waals surface area contributed by atoms with Gasteiger partial charge in [0.15, 0.2) is 4.90 Å². The van der Waals surface area contributed by atoms with E-state index >= 15 is 0 Å². The van der Waals surface area contributed by atoms with Gasteiger partial charge in [0.2, 0.25) is 5.43 Å². The Hall–Kier alpha value is -1.79. The summed E-state index contributed by atoms with van der Waals surface area (Å²) in [7, 11) is -3.94. The van der Waals surface area contributed by atoms with Crippen LogP contribution in [0.2, 0.25) is 5.02 Å². The van der Waals surface area contributed by atoms with Crippen LogP contribution in [-0.2, 0) is 10.0 Å². The van der Waals surface area contributed by atoms with Crippen molar-refractivity contribution in [2.45, 2.75) is 11.8 Å². The van der Waals surface area contributed by atoms with Crippen molar-refractivity contribution in [1.29, 1.82) is 0 Å². The Morgan fingerprint density at radius 3 is 2.68 bits per heavy atom. The highest BCUT2D eigenvalue weighted by molar-refractivity contribution is 7.92. The van der Waals surface area contributed by atoms with Gasteiger partial charge in [-0.25, -0.2) is 8.42 Å². The summed E-state index contributed by atoms with van der Waals surface area (Å²) in [6.45, 7) is 1.74. The lowest BCUT2D eigenvalue weighted by molar-refractivity contribution is 0.600. The van der Waals surface area contributed by atoms with E-state index < -0.39 is 15.5 Å². The molecule has 0 aliphatic rings. The van der Waals surface area contributed by atoms with E-state index in [2.05, 4.69) is 9.71 Å². The third-order valence-electron chi connectivity index (χ3n) is 2.52. The van der Waals surface area contributed by atoms with E-state index in [1.165, 1.54) is 12.3 Å². The molecule has 0 amide bonds. The van der Waals surface area contributed by atoms with Gasteiger partial charge in [0.05, 0.1) is 5.69 Å². The number of anilines is 1. The van der Waals surface area contributed by atoms with E-state index in [1.807, 2.05) is 0 Å². The standard InChI is InChI=1S/C12H11ClN2O3S/c1-8-2-3-9(13)6-10(8)15-19(17,18)12-7-14-5-4-11(12)16/h2-7,15H,1H3,(H,14,16). The Kier molecular flexibility index (Phi) is 3.64. The van der Waals surface area contributed by atoms with Crippen molar-refractivity contribution in [3.8, 4) is 0 Å². The maximum Gasteiger partial charge on any atom is 0.267 e. The van der Waals surface area contributed by atoms with Crippen LogP contribution in [0, 0.1) is 6.92 Å². The average Bonchev–Trinajstić information content (AvgIpc) is 2.34. The van der Waals surface area contributed by atoms with Crippen molar-refractivity contribution >= 4 is 27.3 Å². The number of benzene rings is 1. The molecule has 1 aromatic heterocycles. The van der Waals surface area contributed by atoms with Crippen molar-refractivity contribution < 1.29 is 8.42 Å². The molecule has 0 fully saturated rings. The number of H-pyrrole nitrogens is 1. The summed E-state index contributed by atoms with van der Waals surface area (Å²) in [6, 6.07) is 5.99. The molecular weight excluding hydrogens is 288 g/mol. The molecule has 7 heteroatoms. The summed E-state index contributed by atoms with van der Waals surface area (Å²) in [4.78, 5) is 13.8. The number of aromatic amines is 1. The van der Waals surface area contributed by atoms with Crippen LogP contribution in [0.25, 0.3) is 0 Å². The number of sulfonamides is 1. The molecule has 5 nitrogen and oxygen atoms in total. The molecular formula is C12H11ClN2O3S. The summed E-state index contributed by atoms with van der Waals surface area (Å²) < 4.78 is 26.6. The fraction of sp³-hybridized carbons (Fsp3) is 0.0833. The molecule has 1 heterocycles. The Bertz CT molecular complexity index is 769. The molecule has 0 bridgehead atoms. The van der Waals surface area contributed by atoms with Gasteiger partial charge in [-0.2, -0.15) is 0 Å². The zero-order valence-electron chi connectivity index (χ0n) is 9.98. The lowest BCUT2D eigenvalue weighted by Gasteiger charge is -2.10. The fourth-order valence-electron chi connectivity index (χ4n) is 1.51. The van der Waals surface area contributed by atoms with Gasteiger partial charge in [0.1, 0.15) is 0 Å². The SMILES string of the molecule is Cc1ccc(Cl)cc1NS(=O)(=O)c1c[nH]ccc1=O. The van der Waals surface area contributed by atoms with Gasteiger partial charge >= 0.3 is 0 Å². The highest BCUT2D eigenvalue weighted by Crippen LogP contribution is 2.22. The lowest BCUT2D eigenvalue weighted by Crippen LogP contribution is -2.21. The lowest BCUT2D eigenvalue weighted by atomic mass is 10.2. The molecule has 19 heavy (non-hydrogen) atoms. The molecule has 1 aromatic carbocycles. The third-order valence-corrected chi connectivity index (χ3v) is 4.14. The number of pyridine rings is 1. The number of aryl methyl sites for hydroxylation is 1. The van der Waals surface area contributed by atoms with Crippen molar-refractivity contribution in [1.82, 2.24) is 4.98 Å². The third kappa shape index (κ3) is 2.97. The summed E-state index contributed by atoms with van der Waals surface area (Å²) in [5, 5.41) is 0.408. The molecule has 0 spiro atoms. The maximum atomic E-state index is 12.1. The van der Waals surface area contributed by atoms with Crippen LogP contribution in [-0.4, -0.2) is 13.4 Å². The molecule has 0 saturated carbocycles. The number of hydrogen-bond donors (Lipinski definition) is 2. The molecule has 100 valence electrons. The molecule has 2 N–H and O–H groups in total. The second-order valence-corrected chi connectivity index (χ2v) is 6.02. The Morgan fingerprint density at radius 2 is 2.00 bits per heavy atom. The van der Waals surface area contributed by atoms with Gasteiger partial charge in [-0.15, -0.1) is 0 Å². The summed E-state index contributed by atoms with van der Waals surface area (Å²) >= 11 is 5.82. The van der Waals surface area contributed by atoms with E-state index in [9.17, 15) is 13.2 Å². The van der Waals surface area contributed by atoms with E-state index in [1.54, 1.807) is 19.1 Å². The quantitative estimate of drug-likeness (QED) is 0.911. The van der Waals surface area contributed by atoms with Crippen LogP contribution in [0.3, 0.4) is 0 Å². The Morgan fingerprint density at radius 1 is 1.26 bits per heavy atom. The molecule has 0 aliphatic heterocycles. The zero-order chi connectivity index (χ0) is 14.0. The largest absolute Gasteiger partial charge is 0.366 e. The van der Waals surface area contributed by atoms with Crippen LogP contribution < -0.4 is 10.2 Å². The maximum absolute atomic E-state index is 12.1. The number of hydrogen-bond acceptors (Lipinski definition) is 3. The van der Waals surface area contributed by atoms with E-state index in [0.717, 1.165) is 12.3 Å². The first-order valence-corrected chi connectivity index (χ1v) is 7.22. The van der Waals surface area contributed by atoms with Crippen LogP contribution in [0.15, 0.2) is 46.3 Å². The van der Waals surface area contributed by atoms with Crippen LogP contribution >= 0.6 is 11.6 Å². The minimum atomic E-state index is -3.94. The van der Waals surface area contributed by atoms with Gasteiger partial charge in [-0.1, -0.05) is 17.7 Å². The second-order valence-electron chi connectivity index (χ2n) is 3.94. The van der Waals surface area contributed by atoms with Gasteiger partial charge < -0.3 is 4.98 Å². The highest BCUT2D eigenvalue weighted by atomic mass is 35.5. The predicted octanol–water partition coefficient (Wildman–Crippen LogP) is 2.14. The minimum Gasteiger partial charge on any atom is -0.366 e. The van der Waals surface area contributed by atoms with E-state index in [-0.39, 0.29) is 4.90 Å². The minimum absolute atomic E-state index is 0.339. The topological polar surface area (TPSA) is 79.0 Å². The Labute approximate surface area is 115 Å². The van der Waals surface area contributed by atoms with Gasteiger partial charge in [0.25, 0.3) is 10.0 Å². The molecule has 0 unspecified atom stereocenters. The number of nitrogens with one attached hydrogen (secondary N) is 2. The number of halogens is 1. The van der Waals surface area contributed by atoms with Crippen molar-refractivity contribution in [3.05, 3.63) is 57.5 Å². The first-order chi connectivity index (χ1) is 8.90. The summed E-state index contributed by atoms with van der Waals surface area (Å²) in [6.07, 6.45) is 2.51. The first kappa shape index (κ1) is 13.6. The van der Waals surface area contributed by atoms with Gasteiger partial charge in [0, 0.05) is 23.5 Å². The predicted molar refractivity (Wildman–Crippen MR) is 74.1 cm³/mol. The summed E-state index contributed by atoms with van der Waals surface area (Å²) in [5.74, 6) is 0. The van der Waals surface area contributed by atoms with E-state index in [0.29, 0.717) is 16.3 Å². The molecule has 2 aromatic rings. The van der Waals surface area contributed by atoms with Crippen molar-refractivity contribution in [2.24, 2.45) is 0 Å². The molecule has 0 saturated heterocycles. The van der Waals surface area contributed by atoms with Crippen LogP contribution in [0.5, 0.6) is 0 Å². The second kappa shape index (κ2) is 5.07. The monoisotopic (exact) mass is 298 g/mol. The number of rotatable bonds is 3. The zero-order valence-corrected chi connectivity index (χ0v) is 11.5. The van der Waals surface area contributed by atoms with Gasteiger partial charge in [-0.3, -0.25) is 9.52 Å². The molecule has 0 aliphatic carbocycles. The molecule has 0 radical (unpaired) electrons.